The molecule has 1 amide bonds. The third-order valence-corrected chi connectivity index (χ3v) is 5.97. The van der Waals surface area contributed by atoms with Gasteiger partial charge in [0, 0.05) is 10.4 Å². The topological polar surface area (TPSA) is 60.5 Å². The SMILES string of the molecule is CCOc1ccc(-c2nc(NC(=O)COc3ccc(C(C)C)cc3Br)sc2C)cc1. The number of ether oxygens (including phenoxy) is 2. The van der Waals surface area contributed by atoms with E-state index >= 15 is 0 Å². The van der Waals surface area contributed by atoms with Crippen LogP contribution >= 0.6 is 27.3 Å². The maximum absolute atomic E-state index is 12.3. The molecule has 0 unspecified atom stereocenters. The summed E-state index contributed by atoms with van der Waals surface area (Å²) in [4.78, 5) is 18.0. The number of hydrogen-bond donors (Lipinski definition) is 1. The molecule has 0 spiro atoms. The predicted octanol–water partition coefficient (Wildman–Crippen LogP) is 6.42. The summed E-state index contributed by atoms with van der Waals surface area (Å²) >= 11 is 4.95. The van der Waals surface area contributed by atoms with Crippen molar-refractivity contribution in [2.45, 2.75) is 33.6 Å². The molecule has 1 N–H and O–H groups in total. The highest BCUT2D eigenvalue weighted by molar-refractivity contribution is 9.10. The van der Waals surface area contributed by atoms with Gasteiger partial charge in [0.1, 0.15) is 11.5 Å². The van der Waals surface area contributed by atoms with E-state index in [2.05, 4.69) is 40.1 Å². The Kier molecular flexibility index (Phi) is 7.50. The number of amides is 1. The van der Waals surface area contributed by atoms with E-state index < -0.39 is 0 Å². The quantitative estimate of drug-likeness (QED) is 0.397. The normalized spacial score (nSPS) is 10.9. The number of aromatic nitrogens is 1. The molecule has 0 atom stereocenters. The average molecular weight is 489 g/mol. The van der Waals surface area contributed by atoms with Gasteiger partial charge in [-0.25, -0.2) is 4.98 Å². The minimum absolute atomic E-state index is 0.0867. The summed E-state index contributed by atoms with van der Waals surface area (Å²) < 4.78 is 12.0. The third kappa shape index (κ3) is 5.61. The second kappa shape index (κ2) is 10.1. The first-order valence-electron chi connectivity index (χ1n) is 9.80. The number of nitrogens with one attached hydrogen (secondary N) is 1. The van der Waals surface area contributed by atoms with Crippen molar-refractivity contribution < 1.29 is 14.3 Å². The highest BCUT2D eigenvalue weighted by atomic mass is 79.9. The molecular weight excluding hydrogens is 464 g/mol. The van der Waals surface area contributed by atoms with Crippen LogP contribution in [0.4, 0.5) is 5.13 Å². The molecule has 0 saturated heterocycles. The van der Waals surface area contributed by atoms with Gasteiger partial charge in [-0.2, -0.15) is 0 Å². The molecular formula is C23H25BrN2O3S. The maximum Gasteiger partial charge on any atom is 0.264 e. The van der Waals surface area contributed by atoms with E-state index in [1.165, 1.54) is 16.9 Å². The zero-order valence-corrected chi connectivity index (χ0v) is 19.9. The van der Waals surface area contributed by atoms with Crippen LogP contribution in [-0.2, 0) is 4.79 Å². The minimum Gasteiger partial charge on any atom is -0.494 e. The number of rotatable bonds is 8. The standard InChI is InChI=1S/C23H25BrN2O3S/c1-5-28-18-9-6-16(7-10-18)22-15(4)30-23(26-22)25-21(27)13-29-20-11-8-17(14(2)3)12-19(20)24/h6-12,14H,5,13H2,1-4H3,(H,25,26,27). The molecule has 0 aliphatic heterocycles. The lowest BCUT2D eigenvalue weighted by molar-refractivity contribution is -0.118. The van der Waals surface area contributed by atoms with Crippen molar-refractivity contribution >= 4 is 38.3 Å². The lowest BCUT2D eigenvalue weighted by atomic mass is 10.0. The number of carbonyl (C=O) groups is 1. The number of nitrogens with zero attached hydrogens (tertiary/aromatic N) is 1. The molecule has 30 heavy (non-hydrogen) atoms. The fraction of sp³-hybridized carbons (Fsp3) is 0.304. The lowest BCUT2D eigenvalue weighted by Crippen LogP contribution is -2.20. The van der Waals surface area contributed by atoms with Crippen LogP contribution in [0.25, 0.3) is 11.3 Å². The molecule has 0 bridgehead atoms. The summed E-state index contributed by atoms with van der Waals surface area (Å²) in [6.07, 6.45) is 0. The number of aryl methyl sites for hydroxylation is 1. The van der Waals surface area contributed by atoms with E-state index in [-0.39, 0.29) is 12.5 Å². The molecule has 0 saturated carbocycles. The molecule has 0 aliphatic rings. The lowest BCUT2D eigenvalue weighted by Gasteiger charge is -2.11. The maximum atomic E-state index is 12.3. The predicted molar refractivity (Wildman–Crippen MR) is 126 cm³/mol. The van der Waals surface area contributed by atoms with Gasteiger partial charge >= 0.3 is 0 Å². The third-order valence-electron chi connectivity index (χ3n) is 4.46. The summed E-state index contributed by atoms with van der Waals surface area (Å²) in [5, 5.41) is 3.38. The monoisotopic (exact) mass is 488 g/mol. The van der Waals surface area contributed by atoms with Crippen molar-refractivity contribution in [3.05, 3.63) is 57.4 Å². The Morgan fingerprint density at radius 1 is 1.17 bits per heavy atom. The molecule has 5 nitrogen and oxygen atoms in total. The zero-order valence-electron chi connectivity index (χ0n) is 17.5. The average Bonchev–Trinajstić information content (AvgIpc) is 3.07. The number of benzene rings is 2. The van der Waals surface area contributed by atoms with Crippen molar-refractivity contribution in [2.75, 3.05) is 18.5 Å². The summed E-state index contributed by atoms with van der Waals surface area (Å²) in [6, 6.07) is 13.7. The molecule has 2 aromatic carbocycles. The first-order chi connectivity index (χ1) is 14.4. The second-order valence-corrected chi connectivity index (χ2v) is 9.12. The Morgan fingerprint density at radius 2 is 1.90 bits per heavy atom. The van der Waals surface area contributed by atoms with Crippen LogP contribution in [0, 0.1) is 6.92 Å². The van der Waals surface area contributed by atoms with Crippen LogP contribution in [-0.4, -0.2) is 24.1 Å². The van der Waals surface area contributed by atoms with E-state index in [4.69, 9.17) is 9.47 Å². The number of carbonyl (C=O) groups excluding carboxylic acids is 1. The first-order valence-corrected chi connectivity index (χ1v) is 11.4. The Morgan fingerprint density at radius 3 is 2.53 bits per heavy atom. The number of hydrogen-bond acceptors (Lipinski definition) is 5. The van der Waals surface area contributed by atoms with Gasteiger partial charge in [-0.3, -0.25) is 10.1 Å². The molecule has 0 radical (unpaired) electrons. The number of anilines is 1. The van der Waals surface area contributed by atoms with Crippen molar-refractivity contribution in [1.29, 1.82) is 0 Å². The highest BCUT2D eigenvalue weighted by Crippen LogP contribution is 2.32. The van der Waals surface area contributed by atoms with E-state index in [1.807, 2.05) is 56.3 Å². The molecule has 3 rings (SSSR count). The van der Waals surface area contributed by atoms with Crippen molar-refractivity contribution in [3.63, 3.8) is 0 Å². The Bertz CT molecular complexity index is 1020. The summed E-state index contributed by atoms with van der Waals surface area (Å²) in [5.74, 6) is 1.64. The van der Waals surface area contributed by atoms with E-state index in [0.29, 0.717) is 23.4 Å². The van der Waals surface area contributed by atoms with Crippen LogP contribution < -0.4 is 14.8 Å². The smallest absolute Gasteiger partial charge is 0.264 e. The zero-order chi connectivity index (χ0) is 21.7. The van der Waals surface area contributed by atoms with Crippen LogP contribution in [0.2, 0.25) is 0 Å². The summed E-state index contributed by atoms with van der Waals surface area (Å²) in [5.41, 5.74) is 3.04. The fourth-order valence-electron chi connectivity index (χ4n) is 2.89. The largest absolute Gasteiger partial charge is 0.494 e. The van der Waals surface area contributed by atoms with Gasteiger partial charge in [0.15, 0.2) is 11.7 Å². The fourth-order valence-corrected chi connectivity index (χ4v) is 4.25. The van der Waals surface area contributed by atoms with Crippen LogP contribution in [0.15, 0.2) is 46.9 Å². The van der Waals surface area contributed by atoms with Gasteiger partial charge in [0.05, 0.1) is 16.8 Å². The van der Waals surface area contributed by atoms with Gasteiger partial charge in [-0.15, -0.1) is 11.3 Å². The Labute approximate surface area is 189 Å². The Balaban J connectivity index is 1.61. The van der Waals surface area contributed by atoms with Crippen molar-refractivity contribution in [3.8, 4) is 22.8 Å². The van der Waals surface area contributed by atoms with E-state index in [9.17, 15) is 4.79 Å². The number of halogens is 1. The van der Waals surface area contributed by atoms with Gasteiger partial charge in [0.25, 0.3) is 5.91 Å². The first kappa shape index (κ1) is 22.3. The van der Waals surface area contributed by atoms with Crippen molar-refractivity contribution in [1.82, 2.24) is 4.98 Å². The summed E-state index contributed by atoms with van der Waals surface area (Å²) in [7, 11) is 0. The molecule has 0 aliphatic carbocycles. The van der Waals surface area contributed by atoms with Crippen molar-refractivity contribution in [2.24, 2.45) is 0 Å². The molecule has 7 heteroatoms. The van der Waals surface area contributed by atoms with E-state index in [0.717, 1.165) is 26.4 Å². The van der Waals surface area contributed by atoms with Gasteiger partial charge in [-0.05, 0) is 77.7 Å². The van der Waals surface area contributed by atoms with Crippen LogP contribution in [0.5, 0.6) is 11.5 Å². The van der Waals surface area contributed by atoms with Crippen LogP contribution in [0.1, 0.15) is 37.1 Å². The van der Waals surface area contributed by atoms with Gasteiger partial charge in [0.2, 0.25) is 0 Å². The highest BCUT2D eigenvalue weighted by Gasteiger charge is 2.13. The minimum atomic E-state index is -0.248. The number of thiazole rings is 1. The Hall–Kier alpha value is -2.38. The molecule has 1 heterocycles. The van der Waals surface area contributed by atoms with Gasteiger partial charge < -0.3 is 9.47 Å². The van der Waals surface area contributed by atoms with Crippen LogP contribution in [0.3, 0.4) is 0 Å². The molecule has 0 fully saturated rings. The molecule has 3 aromatic rings. The second-order valence-electron chi connectivity index (χ2n) is 7.06. The molecule has 158 valence electrons. The van der Waals surface area contributed by atoms with Gasteiger partial charge in [-0.1, -0.05) is 19.9 Å². The summed E-state index contributed by atoms with van der Waals surface area (Å²) in [6.45, 7) is 8.75. The molecule has 1 aromatic heterocycles. The van der Waals surface area contributed by atoms with E-state index in [1.54, 1.807) is 0 Å².